The van der Waals surface area contributed by atoms with Gasteiger partial charge in [0.15, 0.2) is 0 Å². The molecule has 0 spiro atoms. The standard InChI is InChI=1S/C17H21ClN2O4S2/c1-3-20(4-2)11-12-24-17(21)13-5-7-14(8-6-13)19-26(22,23)16-10-9-15(18)25-16/h5-10,19H,3-4,11-12H2,1-2H3. The molecule has 0 saturated heterocycles. The molecule has 0 fully saturated rings. The Bertz CT molecular complexity index is 831. The Morgan fingerprint density at radius 3 is 2.35 bits per heavy atom. The number of nitrogens with zero attached hydrogens (tertiary/aromatic N) is 1. The van der Waals surface area contributed by atoms with E-state index in [1.54, 1.807) is 0 Å². The lowest BCUT2D eigenvalue weighted by Crippen LogP contribution is -2.27. The van der Waals surface area contributed by atoms with Gasteiger partial charge in [-0.15, -0.1) is 11.3 Å². The number of esters is 1. The number of halogens is 1. The molecular formula is C17H21ClN2O4S2. The molecule has 0 aliphatic rings. The van der Waals surface area contributed by atoms with Crippen molar-refractivity contribution in [3.05, 3.63) is 46.3 Å². The number of benzene rings is 1. The van der Waals surface area contributed by atoms with Gasteiger partial charge in [-0.05, 0) is 49.5 Å². The summed E-state index contributed by atoms with van der Waals surface area (Å²) in [7, 11) is -3.69. The fraction of sp³-hybridized carbons (Fsp3) is 0.353. The summed E-state index contributed by atoms with van der Waals surface area (Å²) in [6, 6.07) is 9.06. The molecule has 0 atom stereocenters. The van der Waals surface area contributed by atoms with Crippen LogP contribution in [0.4, 0.5) is 5.69 Å². The van der Waals surface area contributed by atoms with Crippen molar-refractivity contribution in [1.29, 1.82) is 0 Å². The first-order valence-corrected chi connectivity index (χ1v) is 10.8. The summed E-state index contributed by atoms with van der Waals surface area (Å²) in [5, 5.41) is 0. The second-order valence-electron chi connectivity index (χ2n) is 5.40. The van der Waals surface area contributed by atoms with Crippen molar-refractivity contribution in [1.82, 2.24) is 4.90 Å². The molecule has 142 valence electrons. The number of carbonyl (C=O) groups excluding carboxylic acids is 1. The molecule has 2 aromatic rings. The monoisotopic (exact) mass is 416 g/mol. The lowest BCUT2D eigenvalue weighted by atomic mass is 10.2. The molecule has 1 heterocycles. The number of carbonyl (C=O) groups is 1. The largest absolute Gasteiger partial charge is 0.461 e. The highest BCUT2D eigenvalue weighted by Crippen LogP contribution is 2.27. The number of anilines is 1. The summed E-state index contributed by atoms with van der Waals surface area (Å²) in [4.78, 5) is 14.2. The van der Waals surface area contributed by atoms with Crippen molar-refractivity contribution in [2.24, 2.45) is 0 Å². The van der Waals surface area contributed by atoms with Crippen LogP contribution in [0.15, 0.2) is 40.6 Å². The number of ether oxygens (including phenoxy) is 1. The topological polar surface area (TPSA) is 75.7 Å². The molecule has 0 unspecified atom stereocenters. The first kappa shape index (κ1) is 20.7. The number of hydrogen-bond donors (Lipinski definition) is 1. The average Bonchev–Trinajstić information content (AvgIpc) is 3.06. The summed E-state index contributed by atoms with van der Waals surface area (Å²) in [6.07, 6.45) is 0. The number of sulfonamides is 1. The smallest absolute Gasteiger partial charge is 0.338 e. The van der Waals surface area contributed by atoms with Gasteiger partial charge in [0.25, 0.3) is 10.0 Å². The molecule has 9 heteroatoms. The molecular weight excluding hydrogens is 396 g/mol. The van der Waals surface area contributed by atoms with E-state index in [4.69, 9.17) is 16.3 Å². The molecule has 1 aromatic carbocycles. The third-order valence-electron chi connectivity index (χ3n) is 3.72. The molecule has 0 amide bonds. The Morgan fingerprint density at radius 2 is 1.81 bits per heavy atom. The zero-order valence-corrected chi connectivity index (χ0v) is 17.0. The van der Waals surface area contributed by atoms with E-state index in [0.29, 0.717) is 28.7 Å². The normalized spacial score (nSPS) is 11.5. The van der Waals surface area contributed by atoms with Crippen LogP contribution < -0.4 is 4.72 Å². The van der Waals surface area contributed by atoms with Crippen molar-refractivity contribution in [2.75, 3.05) is 31.0 Å². The van der Waals surface area contributed by atoms with Gasteiger partial charge in [-0.25, -0.2) is 13.2 Å². The molecule has 1 aromatic heterocycles. The second-order valence-corrected chi connectivity index (χ2v) is 9.03. The van der Waals surface area contributed by atoms with E-state index < -0.39 is 16.0 Å². The first-order chi connectivity index (χ1) is 12.4. The van der Waals surface area contributed by atoms with Crippen LogP contribution in [0.5, 0.6) is 0 Å². The van der Waals surface area contributed by atoms with E-state index >= 15 is 0 Å². The molecule has 6 nitrogen and oxygen atoms in total. The van der Waals surface area contributed by atoms with Crippen LogP contribution in [0.1, 0.15) is 24.2 Å². The number of nitrogens with one attached hydrogen (secondary N) is 1. The quantitative estimate of drug-likeness (QED) is 0.631. The lowest BCUT2D eigenvalue weighted by molar-refractivity contribution is 0.0466. The summed E-state index contributed by atoms with van der Waals surface area (Å²) < 4.78 is 32.7. The summed E-state index contributed by atoms with van der Waals surface area (Å²) in [6.45, 7) is 6.90. The van der Waals surface area contributed by atoms with Gasteiger partial charge in [0.05, 0.1) is 9.90 Å². The highest BCUT2D eigenvalue weighted by Gasteiger charge is 2.17. The minimum absolute atomic E-state index is 0.127. The maximum Gasteiger partial charge on any atom is 0.338 e. The van der Waals surface area contributed by atoms with E-state index in [1.165, 1.54) is 36.4 Å². The van der Waals surface area contributed by atoms with E-state index in [2.05, 4.69) is 23.5 Å². The SMILES string of the molecule is CCN(CC)CCOC(=O)c1ccc(NS(=O)(=O)c2ccc(Cl)s2)cc1. The maximum atomic E-state index is 12.2. The van der Waals surface area contributed by atoms with E-state index in [0.717, 1.165) is 24.4 Å². The minimum atomic E-state index is -3.69. The minimum Gasteiger partial charge on any atom is -0.461 e. The van der Waals surface area contributed by atoms with Gasteiger partial charge in [0.2, 0.25) is 0 Å². The molecule has 26 heavy (non-hydrogen) atoms. The molecule has 0 aliphatic heterocycles. The Balaban J connectivity index is 1.94. The third kappa shape index (κ3) is 5.70. The fourth-order valence-electron chi connectivity index (χ4n) is 2.21. The van der Waals surface area contributed by atoms with Crippen LogP contribution in [-0.2, 0) is 14.8 Å². The number of hydrogen-bond acceptors (Lipinski definition) is 6. The van der Waals surface area contributed by atoms with Gasteiger partial charge in [0.1, 0.15) is 10.8 Å². The van der Waals surface area contributed by atoms with Crippen LogP contribution in [0.25, 0.3) is 0 Å². The van der Waals surface area contributed by atoms with Crippen molar-refractivity contribution in [3.63, 3.8) is 0 Å². The van der Waals surface area contributed by atoms with Crippen molar-refractivity contribution in [3.8, 4) is 0 Å². The Morgan fingerprint density at radius 1 is 1.15 bits per heavy atom. The van der Waals surface area contributed by atoms with E-state index in [1.807, 2.05) is 0 Å². The second kappa shape index (κ2) is 9.36. The Kier molecular flexibility index (Phi) is 7.45. The highest BCUT2D eigenvalue weighted by atomic mass is 35.5. The van der Waals surface area contributed by atoms with Crippen LogP contribution in [0.2, 0.25) is 4.34 Å². The predicted octanol–water partition coefficient (Wildman–Crippen LogP) is 3.70. The third-order valence-corrected chi connectivity index (χ3v) is 6.83. The number of rotatable bonds is 9. The molecule has 0 saturated carbocycles. The predicted molar refractivity (Wildman–Crippen MR) is 105 cm³/mol. The summed E-state index contributed by atoms with van der Waals surface area (Å²) in [5.41, 5.74) is 0.723. The van der Waals surface area contributed by atoms with Gasteiger partial charge in [-0.2, -0.15) is 0 Å². The van der Waals surface area contributed by atoms with Crippen molar-refractivity contribution in [2.45, 2.75) is 18.1 Å². The molecule has 0 radical (unpaired) electrons. The highest BCUT2D eigenvalue weighted by molar-refractivity contribution is 7.94. The Labute approximate surface area is 162 Å². The van der Waals surface area contributed by atoms with Gasteiger partial charge in [-0.3, -0.25) is 4.72 Å². The zero-order valence-electron chi connectivity index (χ0n) is 14.6. The van der Waals surface area contributed by atoms with Crippen LogP contribution >= 0.6 is 22.9 Å². The van der Waals surface area contributed by atoms with Gasteiger partial charge < -0.3 is 9.64 Å². The molecule has 1 N–H and O–H groups in total. The summed E-state index contributed by atoms with van der Waals surface area (Å²) >= 11 is 6.75. The van der Waals surface area contributed by atoms with Crippen LogP contribution in [-0.4, -0.2) is 45.5 Å². The van der Waals surface area contributed by atoms with Crippen molar-refractivity contribution >= 4 is 44.6 Å². The summed E-state index contributed by atoms with van der Waals surface area (Å²) in [5.74, 6) is -0.434. The average molecular weight is 417 g/mol. The lowest BCUT2D eigenvalue weighted by Gasteiger charge is -2.17. The van der Waals surface area contributed by atoms with Gasteiger partial charge in [-0.1, -0.05) is 25.4 Å². The molecule has 2 rings (SSSR count). The number of thiophene rings is 1. The molecule has 0 aliphatic carbocycles. The van der Waals surface area contributed by atoms with E-state index in [9.17, 15) is 13.2 Å². The molecule has 0 bridgehead atoms. The van der Waals surface area contributed by atoms with Crippen LogP contribution in [0.3, 0.4) is 0 Å². The maximum absolute atomic E-state index is 12.2. The van der Waals surface area contributed by atoms with Crippen molar-refractivity contribution < 1.29 is 17.9 Å². The van der Waals surface area contributed by atoms with Gasteiger partial charge >= 0.3 is 5.97 Å². The van der Waals surface area contributed by atoms with Crippen LogP contribution in [0, 0.1) is 0 Å². The van der Waals surface area contributed by atoms with Gasteiger partial charge in [0, 0.05) is 12.2 Å². The first-order valence-electron chi connectivity index (χ1n) is 8.13. The van der Waals surface area contributed by atoms with E-state index in [-0.39, 0.29) is 4.21 Å². The zero-order chi connectivity index (χ0) is 19.2. The number of likely N-dealkylation sites (N-methyl/N-ethyl adjacent to an activating group) is 1. The fourth-order valence-corrected chi connectivity index (χ4v) is 4.75. The Hall–Kier alpha value is -1.61.